The van der Waals surface area contributed by atoms with Gasteiger partial charge in [-0.1, -0.05) is 50.2 Å². The standard InChI is InChI=1S/C26H36N4O5S/c1-6-29(30(19(4)31)20(5)32)36(34,35)24-12-10-21(11-13-24)22-8-7-9-23(17-22)25(16-18(2)3)26(33)28-15-14-27/h7-13,17-20,25,31-32H,6,15-16H2,1-5H3,(H,28,33). The third-order valence-corrected chi connectivity index (χ3v) is 7.58. The van der Waals surface area contributed by atoms with Crippen molar-refractivity contribution in [2.45, 2.75) is 64.3 Å². The Morgan fingerprint density at radius 2 is 1.64 bits per heavy atom. The largest absolute Gasteiger partial charge is 0.377 e. The van der Waals surface area contributed by atoms with Crippen LogP contribution in [0.25, 0.3) is 11.1 Å². The van der Waals surface area contributed by atoms with Crippen LogP contribution in [0.2, 0.25) is 0 Å². The molecule has 0 saturated heterocycles. The van der Waals surface area contributed by atoms with Gasteiger partial charge in [0.15, 0.2) is 0 Å². The van der Waals surface area contributed by atoms with E-state index in [9.17, 15) is 23.4 Å². The lowest BCUT2D eigenvalue weighted by atomic mass is 9.88. The average molecular weight is 517 g/mol. The van der Waals surface area contributed by atoms with Crippen molar-refractivity contribution in [1.29, 1.82) is 5.26 Å². The Morgan fingerprint density at radius 3 is 2.14 bits per heavy atom. The van der Waals surface area contributed by atoms with Crippen LogP contribution in [0.5, 0.6) is 0 Å². The molecule has 2 aromatic rings. The van der Waals surface area contributed by atoms with Crippen LogP contribution in [0, 0.1) is 17.2 Å². The topological polar surface area (TPSA) is 134 Å². The number of carbonyl (C=O) groups excluding carboxylic acids is 1. The number of hydrogen-bond donors (Lipinski definition) is 3. The molecule has 0 saturated carbocycles. The molecule has 9 nitrogen and oxygen atoms in total. The van der Waals surface area contributed by atoms with Gasteiger partial charge < -0.3 is 15.5 Å². The predicted octanol–water partition coefficient (Wildman–Crippen LogP) is 3.03. The number of aliphatic hydroxyl groups excluding tert-OH is 2. The highest BCUT2D eigenvalue weighted by molar-refractivity contribution is 7.89. The van der Waals surface area contributed by atoms with Crippen LogP contribution in [-0.4, -0.2) is 59.5 Å². The molecule has 0 aliphatic carbocycles. The van der Waals surface area contributed by atoms with Crippen LogP contribution < -0.4 is 5.32 Å². The molecular formula is C26H36N4O5S. The molecule has 0 aromatic heterocycles. The van der Waals surface area contributed by atoms with Gasteiger partial charge >= 0.3 is 0 Å². The van der Waals surface area contributed by atoms with E-state index in [1.165, 1.54) is 26.0 Å². The third-order valence-electron chi connectivity index (χ3n) is 5.71. The Balaban J connectivity index is 2.40. The van der Waals surface area contributed by atoms with E-state index in [2.05, 4.69) is 5.32 Å². The summed E-state index contributed by atoms with van der Waals surface area (Å²) in [4.78, 5) is 12.7. The molecule has 0 radical (unpaired) electrons. The number of nitrogens with zero attached hydrogens (tertiary/aromatic N) is 3. The lowest BCUT2D eigenvalue weighted by Crippen LogP contribution is -2.54. The fraction of sp³-hybridized carbons (Fsp3) is 0.462. The van der Waals surface area contributed by atoms with E-state index in [1.54, 1.807) is 19.1 Å². The van der Waals surface area contributed by atoms with Crippen LogP contribution in [0.3, 0.4) is 0 Å². The molecule has 3 atom stereocenters. The lowest BCUT2D eigenvalue weighted by Gasteiger charge is -2.37. The van der Waals surface area contributed by atoms with Gasteiger partial charge in [-0.05, 0) is 61.9 Å². The summed E-state index contributed by atoms with van der Waals surface area (Å²) in [5.41, 5.74) is 2.40. The second-order valence-electron chi connectivity index (χ2n) is 9.00. The Labute approximate surface area is 214 Å². The molecule has 10 heteroatoms. The number of amides is 1. The van der Waals surface area contributed by atoms with E-state index in [0.29, 0.717) is 6.42 Å². The minimum absolute atomic E-state index is 0.0177. The van der Waals surface area contributed by atoms with E-state index >= 15 is 0 Å². The predicted molar refractivity (Wildman–Crippen MR) is 137 cm³/mol. The Morgan fingerprint density at radius 1 is 1.03 bits per heavy atom. The number of sulfonamides is 1. The number of nitrogens with one attached hydrogen (secondary N) is 1. The Hall–Kier alpha value is -2.81. The summed E-state index contributed by atoms with van der Waals surface area (Å²) in [6.45, 7) is 8.41. The molecule has 36 heavy (non-hydrogen) atoms. The smallest absolute Gasteiger partial charge is 0.256 e. The number of hydrogen-bond acceptors (Lipinski definition) is 7. The van der Waals surface area contributed by atoms with Gasteiger partial charge in [-0.15, -0.1) is 4.41 Å². The van der Waals surface area contributed by atoms with Gasteiger partial charge in [0.1, 0.15) is 19.0 Å². The van der Waals surface area contributed by atoms with Crippen molar-refractivity contribution in [1.82, 2.24) is 14.7 Å². The minimum Gasteiger partial charge on any atom is -0.377 e. The highest BCUT2D eigenvalue weighted by Crippen LogP contribution is 2.30. The molecule has 0 aliphatic rings. The zero-order valence-corrected chi connectivity index (χ0v) is 22.2. The van der Waals surface area contributed by atoms with Crippen LogP contribution in [0.1, 0.15) is 52.5 Å². The molecule has 196 valence electrons. The van der Waals surface area contributed by atoms with Crippen molar-refractivity contribution in [2.75, 3.05) is 13.1 Å². The Bertz CT molecular complexity index is 1150. The van der Waals surface area contributed by atoms with Gasteiger partial charge in [-0.25, -0.2) is 8.42 Å². The monoisotopic (exact) mass is 516 g/mol. The van der Waals surface area contributed by atoms with E-state index in [4.69, 9.17) is 5.26 Å². The zero-order chi connectivity index (χ0) is 27.0. The zero-order valence-electron chi connectivity index (χ0n) is 21.4. The summed E-state index contributed by atoms with van der Waals surface area (Å²) in [5, 5.41) is 32.5. The lowest BCUT2D eigenvalue weighted by molar-refractivity contribution is -0.167. The molecule has 3 N–H and O–H groups in total. The fourth-order valence-electron chi connectivity index (χ4n) is 4.13. The number of rotatable bonds is 12. The van der Waals surface area contributed by atoms with Gasteiger partial charge in [0.05, 0.1) is 16.9 Å². The van der Waals surface area contributed by atoms with Crippen molar-refractivity contribution in [2.24, 2.45) is 5.92 Å². The maximum Gasteiger partial charge on any atom is 0.256 e. The first kappa shape index (κ1) is 29.4. The van der Waals surface area contributed by atoms with Crippen LogP contribution in [0.4, 0.5) is 0 Å². The molecule has 0 heterocycles. The fourth-order valence-corrected chi connectivity index (χ4v) is 5.72. The second-order valence-corrected chi connectivity index (χ2v) is 10.8. The first-order valence-electron chi connectivity index (χ1n) is 12.0. The van der Waals surface area contributed by atoms with Crippen molar-refractivity contribution in [3.8, 4) is 17.2 Å². The maximum absolute atomic E-state index is 13.3. The van der Waals surface area contributed by atoms with Gasteiger partial charge in [0.25, 0.3) is 10.0 Å². The summed E-state index contributed by atoms with van der Waals surface area (Å²) >= 11 is 0. The molecule has 0 bridgehead atoms. The van der Waals surface area contributed by atoms with Gasteiger partial charge in [0.2, 0.25) is 5.91 Å². The van der Waals surface area contributed by atoms with E-state index in [0.717, 1.165) is 26.1 Å². The van der Waals surface area contributed by atoms with Crippen molar-refractivity contribution in [3.05, 3.63) is 54.1 Å². The normalized spacial score (nSPS) is 14.5. The number of nitriles is 1. The van der Waals surface area contributed by atoms with Crippen LogP contribution in [0.15, 0.2) is 53.4 Å². The van der Waals surface area contributed by atoms with Gasteiger partial charge in [-0.3, -0.25) is 4.79 Å². The van der Waals surface area contributed by atoms with E-state index < -0.39 is 28.4 Å². The highest BCUT2D eigenvalue weighted by atomic mass is 32.2. The number of benzene rings is 2. The third kappa shape index (κ3) is 7.12. The van der Waals surface area contributed by atoms with Crippen molar-refractivity contribution in [3.63, 3.8) is 0 Å². The first-order chi connectivity index (χ1) is 16.9. The van der Waals surface area contributed by atoms with Crippen molar-refractivity contribution >= 4 is 15.9 Å². The number of aliphatic hydroxyl groups is 2. The summed E-state index contributed by atoms with van der Waals surface area (Å²) in [6.07, 6.45) is -1.81. The average Bonchev–Trinajstić information content (AvgIpc) is 2.83. The summed E-state index contributed by atoms with van der Waals surface area (Å²) in [7, 11) is -4.03. The molecule has 0 spiro atoms. The summed E-state index contributed by atoms with van der Waals surface area (Å²) < 4.78 is 27.5. The van der Waals surface area contributed by atoms with Gasteiger partial charge in [0, 0.05) is 6.54 Å². The molecule has 3 unspecified atom stereocenters. The summed E-state index contributed by atoms with van der Waals surface area (Å²) in [5.74, 6) is -0.354. The maximum atomic E-state index is 13.3. The Kier molecular flexibility index (Phi) is 10.6. The highest BCUT2D eigenvalue weighted by Gasteiger charge is 2.33. The molecule has 0 fully saturated rings. The van der Waals surface area contributed by atoms with Gasteiger partial charge in [-0.2, -0.15) is 10.3 Å². The first-order valence-corrected chi connectivity index (χ1v) is 13.4. The molecule has 2 aromatic carbocycles. The quantitative estimate of drug-likeness (QED) is 0.224. The minimum atomic E-state index is -4.03. The second kappa shape index (κ2) is 12.9. The molecule has 2 rings (SSSR count). The van der Waals surface area contributed by atoms with Crippen LogP contribution >= 0.6 is 0 Å². The van der Waals surface area contributed by atoms with E-state index in [-0.39, 0.29) is 29.8 Å². The SMILES string of the molecule is CCN(N(C(C)O)C(C)O)S(=O)(=O)c1ccc(-c2cccc(C(CC(C)C)C(=O)NCC#N)c2)cc1. The van der Waals surface area contributed by atoms with E-state index in [1.807, 2.05) is 44.2 Å². The molecule has 0 aliphatic heterocycles. The number of hydrazine groups is 1. The van der Waals surface area contributed by atoms with Crippen molar-refractivity contribution < 1.29 is 23.4 Å². The molecule has 1 amide bonds. The summed E-state index contributed by atoms with van der Waals surface area (Å²) in [6, 6.07) is 15.8. The molecular weight excluding hydrogens is 480 g/mol. The number of carbonyl (C=O) groups is 1. The van der Waals surface area contributed by atoms with Crippen LogP contribution in [-0.2, 0) is 14.8 Å².